The number of sulfonamides is 1. The van der Waals surface area contributed by atoms with Crippen molar-refractivity contribution in [3.8, 4) is 5.75 Å². The summed E-state index contributed by atoms with van der Waals surface area (Å²) in [4.78, 5) is 17.8. The fourth-order valence-corrected chi connectivity index (χ4v) is 4.89. The van der Waals surface area contributed by atoms with Crippen LogP contribution in [0, 0.1) is 6.92 Å². The van der Waals surface area contributed by atoms with Gasteiger partial charge in [-0.2, -0.15) is 0 Å². The average Bonchev–Trinajstić information content (AvgIpc) is 3.52. The zero-order valence-electron chi connectivity index (χ0n) is 19.2. The molecule has 2 heterocycles. The topological polar surface area (TPSA) is 109 Å². The number of benzene rings is 2. The molecule has 1 aromatic heterocycles. The molecule has 3 N–H and O–H groups in total. The summed E-state index contributed by atoms with van der Waals surface area (Å²) in [7, 11) is -3.46. The summed E-state index contributed by atoms with van der Waals surface area (Å²) in [6.07, 6.45) is 5.39. The van der Waals surface area contributed by atoms with Gasteiger partial charge in [-0.25, -0.2) is 8.42 Å². The zero-order valence-corrected chi connectivity index (χ0v) is 20.0. The van der Waals surface area contributed by atoms with Crippen LogP contribution in [0.5, 0.6) is 5.75 Å². The highest BCUT2D eigenvalue weighted by atomic mass is 32.2. The van der Waals surface area contributed by atoms with E-state index in [0.29, 0.717) is 35.2 Å². The van der Waals surface area contributed by atoms with Gasteiger partial charge in [0.05, 0.1) is 23.0 Å². The van der Waals surface area contributed by atoms with Gasteiger partial charge in [-0.1, -0.05) is 12.1 Å². The monoisotopic (exact) mass is 480 g/mol. The normalized spacial score (nSPS) is 18.7. The first-order valence-electron chi connectivity index (χ1n) is 11.4. The molecule has 2 aliphatic rings. The van der Waals surface area contributed by atoms with E-state index in [-0.39, 0.29) is 5.91 Å². The van der Waals surface area contributed by atoms with Gasteiger partial charge in [0, 0.05) is 23.2 Å². The molecule has 1 amide bonds. The molecule has 8 nitrogen and oxygen atoms in total. The van der Waals surface area contributed by atoms with Crippen LogP contribution < -0.4 is 20.1 Å². The van der Waals surface area contributed by atoms with Crippen LogP contribution in [0.1, 0.15) is 40.7 Å². The van der Waals surface area contributed by atoms with E-state index in [0.717, 1.165) is 48.6 Å². The van der Waals surface area contributed by atoms with Gasteiger partial charge in [0.2, 0.25) is 10.0 Å². The Morgan fingerprint density at radius 3 is 2.71 bits per heavy atom. The first-order chi connectivity index (χ1) is 16.2. The number of nitrogens with zero attached hydrogens (tertiary/aromatic N) is 1. The Morgan fingerprint density at radius 2 is 2.03 bits per heavy atom. The molecule has 2 aromatic carbocycles. The second kappa shape index (κ2) is 8.56. The number of fused-ring (bicyclic) bond motifs is 1. The van der Waals surface area contributed by atoms with Crippen LogP contribution in [0.25, 0.3) is 10.9 Å². The van der Waals surface area contributed by atoms with Crippen LogP contribution in [0.3, 0.4) is 0 Å². The third kappa shape index (κ3) is 4.71. The lowest BCUT2D eigenvalue weighted by Gasteiger charge is -2.27. The molecule has 1 aliphatic carbocycles. The van der Waals surface area contributed by atoms with Gasteiger partial charge in [0.25, 0.3) is 5.91 Å². The van der Waals surface area contributed by atoms with Gasteiger partial charge in [-0.05, 0) is 74.2 Å². The Hall–Kier alpha value is -3.17. The van der Waals surface area contributed by atoms with Crippen molar-refractivity contribution in [2.45, 2.75) is 37.8 Å². The van der Waals surface area contributed by atoms with E-state index in [9.17, 15) is 13.2 Å². The summed E-state index contributed by atoms with van der Waals surface area (Å²) >= 11 is 0. The van der Waals surface area contributed by atoms with E-state index in [4.69, 9.17) is 4.74 Å². The van der Waals surface area contributed by atoms with Crippen molar-refractivity contribution in [3.05, 3.63) is 65.4 Å². The molecule has 178 valence electrons. The Morgan fingerprint density at radius 1 is 1.24 bits per heavy atom. The van der Waals surface area contributed by atoms with E-state index in [2.05, 4.69) is 20.3 Å². The highest BCUT2D eigenvalue weighted by Gasteiger charge is 2.47. The number of hydrogen-bond acceptors (Lipinski definition) is 6. The third-order valence-corrected chi connectivity index (χ3v) is 7.08. The molecule has 5 rings (SSSR count). The Balaban J connectivity index is 1.43. The van der Waals surface area contributed by atoms with Crippen LogP contribution >= 0.6 is 0 Å². The largest absolute Gasteiger partial charge is 0.492 e. The number of carbonyl (C=O) groups is 1. The highest BCUT2D eigenvalue weighted by molar-refractivity contribution is 7.92. The maximum absolute atomic E-state index is 13.4. The van der Waals surface area contributed by atoms with Gasteiger partial charge in [0.1, 0.15) is 12.4 Å². The lowest BCUT2D eigenvalue weighted by Crippen LogP contribution is -2.46. The Bertz CT molecular complexity index is 1360. The van der Waals surface area contributed by atoms with Gasteiger partial charge in [0.15, 0.2) is 0 Å². The molecule has 0 spiro atoms. The first kappa shape index (κ1) is 22.6. The van der Waals surface area contributed by atoms with Gasteiger partial charge < -0.3 is 15.4 Å². The number of rotatable bonds is 8. The maximum atomic E-state index is 13.4. The number of anilines is 1. The maximum Gasteiger partial charge on any atom is 0.252 e. The van der Waals surface area contributed by atoms with Crippen molar-refractivity contribution in [1.82, 2.24) is 15.6 Å². The zero-order chi connectivity index (χ0) is 23.9. The van der Waals surface area contributed by atoms with E-state index in [1.165, 1.54) is 0 Å². The fraction of sp³-hybridized carbons (Fsp3) is 0.360. The number of amides is 1. The fourth-order valence-electron chi connectivity index (χ4n) is 4.35. The lowest BCUT2D eigenvalue weighted by atomic mass is 9.97. The van der Waals surface area contributed by atoms with Crippen LogP contribution in [-0.2, 0) is 15.6 Å². The minimum absolute atomic E-state index is 0.180. The van der Waals surface area contributed by atoms with Crippen molar-refractivity contribution in [2.24, 2.45) is 0 Å². The van der Waals surface area contributed by atoms with Gasteiger partial charge in [-0.15, -0.1) is 0 Å². The summed E-state index contributed by atoms with van der Waals surface area (Å²) in [5.74, 6) is 0.490. The molecule has 1 unspecified atom stereocenters. The van der Waals surface area contributed by atoms with Crippen molar-refractivity contribution in [1.29, 1.82) is 0 Å². The highest BCUT2D eigenvalue weighted by Crippen LogP contribution is 2.49. The van der Waals surface area contributed by atoms with Crippen LogP contribution in [0.4, 0.5) is 5.69 Å². The molecule has 9 heteroatoms. The van der Waals surface area contributed by atoms with Gasteiger partial charge >= 0.3 is 0 Å². The third-order valence-electron chi connectivity index (χ3n) is 6.47. The molecule has 2 fully saturated rings. The summed E-state index contributed by atoms with van der Waals surface area (Å²) < 4.78 is 32.1. The van der Waals surface area contributed by atoms with Crippen molar-refractivity contribution in [2.75, 3.05) is 24.1 Å². The second-order valence-electron chi connectivity index (χ2n) is 9.23. The molecule has 0 bridgehead atoms. The lowest BCUT2D eigenvalue weighted by molar-refractivity contribution is 0.0930. The number of aryl methyl sites for hydroxylation is 1. The Kier molecular flexibility index (Phi) is 5.69. The summed E-state index contributed by atoms with van der Waals surface area (Å²) in [5.41, 5.74) is 2.81. The van der Waals surface area contributed by atoms with E-state index < -0.39 is 15.6 Å². The second-order valence-corrected chi connectivity index (χ2v) is 11.0. The molecule has 1 atom stereocenters. The number of nitrogens with one attached hydrogen (secondary N) is 3. The molecule has 1 saturated carbocycles. The van der Waals surface area contributed by atoms with Crippen molar-refractivity contribution in [3.63, 3.8) is 0 Å². The molecule has 1 saturated heterocycles. The quantitative estimate of drug-likeness (QED) is 0.457. The molecular weight excluding hydrogens is 452 g/mol. The minimum Gasteiger partial charge on any atom is -0.492 e. The number of carbonyl (C=O) groups excluding carboxylic acids is 1. The van der Waals surface area contributed by atoms with Crippen LogP contribution in [-0.4, -0.2) is 44.8 Å². The van der Waals surface area contributed by atoms with E-state index in [1.807, 2.05) is 31.2 Å². The van der Waals surface area contributed by atoms with Crippen molar-refractivity contribution >= 4 is 32.5 Å². The van der Waals surface area contributed by atoms with E-state index in [1.54, 1.807) is 24.4 Å². The van der Waals surface area contributed by atoms with Crippen LogP contribution in [0.15, 0.2) is 48.7 Å². The predicted molar refractivity (Wildman–Crippen MR) is 132 cm³/mol. The molecule has 3 aromatic rings. The SMILES string of the molecule is Cc1ccc(OCC2CCN2)cc1C(=O)NC1(c2cc(NS(C)(=O)=O)cc3ncccc23)CC1. The van der Waals surface area contributed by atoms with E-state index >= 15 is 0 Å². The molecule has 34 heavy (non-hydrogen) atoms. The summed E-state index contributed by atoms with van der Waals surface area (Å²) in [6.45, 7) is 3.50. The average molecular weight is 481 g/mol. The first-order valence-corrected chi connectivity index (χ1v) is 13.3. The number of hydrogen-bond donors (Lipinski definition) is 3. The van der Waals surface area contributed by atoms with Gasteiger partial charge in [-0.3, -0.25) is 14.5 Å². The molecule has 0 radical (unpaired) electrons. The minimum atomic E-state index is -3.46. The predicted octanol–water partition coefficient (Wildman–Crippen LogP) is 3.07. The summed E-state index contributed by atoms with van der Waals surface area (Å²) in [6, 6.07) is 13.2. The van der Waals surface area contributed by atoms with Crippen LogP contribution in [0.2, 0.25) is 0 Å². The molecule has 1 aliphatic heterocycles. The molecular formula is C25H28N4O4S. The summed E-state index contributed by atoms with van der Waals surface area (Å²) in [5, 5.41) is 7.42. The standard InChI is InChI=1S/C25H28N4O4S/c1-16-5-6-19(33-15-17-7-11-26-17)14-21(16)24(30)28-25(8-9-25)22-12-18(29-34(2,31)32)13-23-20(22)4-3-10-27-23/h3-6,10,12-14,17,26,29H,7-9,11,15H2,1-2H3,(H,28,30). The number of pyridine rings is 1. The number of aromatic nitrogens is 1. The Labute approximate surface area is 199 Å². The van der Waals surface area contributed by atoms with Crippen molar-refractivity contribution < 1.29 is 17.9 Å². The smallest absolute Gasteiger partial charge is 0.252 e. The number of ether oxygens (including phenoxy) is 1.